The van der Waals surface area contributed by atoms with E-state index in [4.69, 9.17) is 4.74 Å². The number of ether oxygens (including phenoxy) is 1. The van der Waals surface area contributed by atoms with Gasteiger partial charge in [0, 0.05) is 18.3 Å². The fourth-order valence-corrected chi connectivity index (χ4v) is 4.02. The zero-order chi connectivity index (χ0) is 15.4. The van der Waals surface area contributed by atoms with E-state index in [1.54, 1.807) is 10.8 Å². The zero-order valence-electron chi connectivity index (χ0n) is 12.4. The Kier molecular flexibility index (Phi) is 3.18. The fourth-order valence-electron chi connectivity index (χ4n) is 2.83. The maximum Gasteiger partial charge on any atom is 0.314 e. The number of nitrogens with zero attached hydrogens (tertiary/aromatic N) is 2. The molecule has 0 amide bonds. The Balaban J connectivity index is 2.41. The average Bonchev–Trinajstić information content (AvgIpc) is 2.78. The summed E-state index contributed by atoms with van der Waals surface area (Å²) in [6.45, 7) is 8.55. The highest BCUT2D eigenvalue weighted by Crippen LogP contribution is 2.37. The van der Waals surface area contributed by atoms with Gasteiger partial charge in [-0.15, -0.1) is 17.9 Å². The smallest absolute Gasteiger partial charge is 0.314 e. The van der Waals surface area contributed by atoms with Crippen LogP contribution in [-0.2, 0) is 31.4 Å². The molecule has 0 aromatic carbocycles. The summed E-state index contributed by atoms with van der Waals surface area (Å²) in [6, 6.07) is 0. The number of hydrogen-bond donors (Lipinski definition) is 0. The molecular weight excluding hydrogens is 288 g/mol. The highest BCUT2D eigenvalue weighted by Gasteiger charge is 2.31. The van der Waals surface area contributed by atoms with Crippen molar-refractivity contribution in [1.82, 2.24) is 9.36 Å². The molecule has 0 spiro atoms. The van der Waals surface area contributed by atoms with Gasteiger partial charge in [0.2, 0.25) is 0 Å². The summed E-state index contributed by atoms with van der Waals surface area (Å²) in [5.74, 6) is 0. The van der Waals surface area contributed by atoms with Crippen molar-refractivity contribution in [2.45, 2.75) is 39.0 Å². The van der Waals surface area contributed by atoms with E-state index in [0.717, 1.165) is 22.4 Å². The second-order valence-electron chi connectivity index (χ2n) is 5.94. The molecule has 2 aromatic heterocycles. The maximum atomic E-state index is 12.3. The lowest BCUT2D eigenvalue weighted by molar-refractivity contribution is -0.0380. The molecular formula is C15H18N2O3S. The highest BCUT2D eigenvalue weighted by atomic mass is 32.1. The lowest BCUT2D eigenvalue weighted by Crippen LogP contribution is -2.39. The number of thiophene rings is 1. The molecule has 6 heteroatoms. The minimum Gasteiger partial charge on any atom is -0.370 e. The van der Waals surface area contributed by atoms with Crippen molar-refractivity contribution in [2.75, 3.05) is 0 Å². The van der Waals surface area contributed by atoms with Gasteiger partial charge in [-0.05, 0) is 19.4 Å². The van der Waals surface area contributed by atoms with E-state index in [1.165, 1.54) is 16.0 Å². The van der Waals surface area contributed by atoms with Crippen LogP contribution < -0.4 is 11.0 Å². The third kappa shape index (κ3) is 2.10. The Bertz CT molecular complexity index is 854. The summed E-state index contributed by atoms with van der Waals surface area (Å²) < 4.78 is 9.57. The summed E-state index contributed by atoms with van der Waals surface area (Å²) in [4.78, 5) is 25.6. The standard InChI is InChI=1S/C15H18N2O3S/c1-5-6-17-14(19)12(18)13-11(16(17)4)9-7-15(2,3)20-8-10(9)21-13/h5H,1,6-8H2,2-4H3. The van der Waals surface area contributed by atoms with Crippen molar-refractivity contribution < 1.29 is 4.74 Å². The summed E-state index contributed by atoms with van der Waals surface area (Å²) in [5.41, 5.74) is 0.809. The monoisotopic (exact) mass is 306 g/mol. The molecule has 0 saturated carbocycles. The number of rotatable bonds is 2. The van der Waals surface area contributed by atoms with E-state index >= 15 is 0 Å². The quantitative estimate of drug-likeness (QED) is 0.628. The largest absolute Gasteiger partial charge is 0.370 e. The van der Waals surface area contributed by atoms with E-state index in [9.17, 15) is 9.59 Å². The second kappa shape index (κ2) is 4.68. The Morgan fingerprint density at radius 1 is 1.43 bits per heavy atom. The molecule has 1 aliphatic rings. The van der Waals surface area contributed by atoms with Gasteiger partial charge in [0.1, 0.15) is 4.70 Å². The molecule has 0 atom stereocenters. The molecule has 3 heterocycles. The van der Waals surface area contributed by atoms with Crippen LogP contribution in [0.5, 0.6) is 0 Å². The molecule has 112 valence electrons. The van der Waals surface area contributed by atoms with Crippen LogP contribution in [0.25, 0.3) is 10.2 Å². The van der Waals surface area contributed by atoms with Crippen LogP contribution in [0.2, 0.25) is 0 Å². The molecule has 21 heavy (non-hydrogen) atoms. The Morgan fingerprint density at radius 2 is 2.14 bits per heavy atom. The van der Waals surface area contributed by atoms with Crippen molar-refractivity contribution >= 4 is 21.6 Å². The van der Waals surface area contributed by atoms with Crippen molar-refractivity contribution in [3.63, 3.8) is 0 Å². The van der Waals surface area contributed by atoms with Gasteiger partial charge in [0.25, 0.3) is 5.43 Å². The molecule has 0 saturated heterocycles. The second-order valence-corrected chi connectivity index (χ2v) is 7.04. The van der Waals surface area contributed by atoms with E-state index in [1.807, 2.05) is 20.9 Å². The minimum atomic E-state index is -0.497. The van der Waals surface area contributed by atoms with Crippen LogP contribution in [0.1, 0.15) is 24.3 Å². The molecule has 2 aromatic rings. The first-order valence-electron chi connectivity index (χ1n) is 6.85. The number of aromatic nitrogens is 2. The predicted molar refractivity (Wildman–Crippen MR) is 84.1 cm³/mol. The van der Waals surface area contributed by atoms with E-state index in [-0.39, 0.29) is 5.60 Å². The molecule has 0 N–H and O–H groups in total. The van der Waals surface area contributed by atoms with Gasteiger partial charge in [-0.3, -0.25) is 14.3 Å². The van der Waals surface area contributed by atoms with E-state index in [0.29, 0.717) is 17.9 Å². The van der Waals surface area contributed by atoms with Gasteiger partial charge in [0.15, 0.2) is 0 Å². The molecule has 5 nitrogen and oxygen atoms in total. The number of hydrogen-bond acceptors (Lipinski definition) is 4. The van der Waals surface area contributed by atoms with Gasteiger partial charge >= 0.3 is 5.56 Å². The average molecular weight is 306 g/mol. The SMILES string of the molecule is C=CCn1c(=O)c(=O)c2sc3c(c2n1C)CC(C)(C)OC3. The first-order valence-corrected chi connectivity index (χ1v) is 7.66. The number of fused-ring (bicyclic) bond motifs is 3. The molecule has 0 aliphatic carbocycles. The Morgan fingerprint density at radius 3 is 2.81 bits per heavy atom. The fraction of sp³-hybridized carbons (Fsp3) is 0.467. The summed E-state index contributed by atoms with van der Waals surface area (Å²) in [5, 5.41) is 0. The first kappa shape index (κ1) is 14.3. The van der Waals surface area contributed by atoms with Crippen LogP contribution in [-0.4, -0.2) is 15.0 Å². The lowest BCUT2D eigenvalue weighted by atomic mass is 9.95. The Hall–Kier alpha value is -1.66. The summed E-state index contributed by atoms with van der Waals surface area (Å²) in [6.07, 6.45) is 2.36. The van der Waals surface area contributed by atoms with Crippen LogP contribution in [0.4, 0.5) is 0 Å². The first-order chi connectivity index (χ1) is 9.85. The summed E-state index contributed by atoms with van der Waals surface area (Å²) >= 11 is 1.38. The normalized spacial score (nSPS) is 16.9. The molecule has 0 unspecified atom stereocenters. The van der Waals surface area contributed by atoms with Gasteiger partial charge in [-0.2, -0.15) is 0 Å². The number of aryl methyl sites for hydroxylation is 1. The topological polar surface area (TPSA) is 53.2 Å². The van der Waals surface area contributed by atoms with Crippen molar-refractivity contribution in [3.05, 3.63) is 43.7 Å². The van der Waals surface area contributed by atoms with Crippen LogP contribution >= 0.6 is 11.3 Å². The van der Waals surface area contributed by atoms with Gasteiger partial charge in [0.05, 0.1) is 24.3 Å². The zero-order valence-corrected chi connectivity index (χ0v) is 13.2. The van der Waals surface area contributed by atoms with Crippen molar-refractivity contribution in [3.8, 4) is 0 Å². The van der Waals surface area contributed by atoms with Gasteiger partial charge < -0.3 is 4.74 Å². The highest BCUT2D eigenvalue weighted by molar-refractivity contribution is 7.19. The summed E-state index contributed by atoms with van der Waals surface area (Å²) in [7, 11) is 1.82. The van der Waals surface area contributed by atoms with Crippen molar-refractivity contribution in [2.24, 2.45) is 7.05 Å². The van der Waals surface area contributed by atoms with Gasteiger partial charge in [-0.25, -0.2) is 4.68 Å². The molecule has 3 rings (SSSR count). The van der Waals surface area contributed by atoms with Gasteiger partial charge in [-0.1, -0.05) is 6.08 Å². The van der Waals surface area contributed by atoms with Crippen LogP contribution in [0, 0.1) is 0 Å². The third-order valence-corrected chi connectivity index (χ3v) is 5.08. The van der Waals surface area contributed by atoms with Crippen LogP contribution in [0.15, 0.2) is 22.2 Å². The van der Waals surface area contributed by atoms with Crippen LogP contribution in [0.3, 0.4) is 0 Å². The molecule has 0 bridgehead atoms. The number of allylic oxidation sites excluding steroid dienone is 1. The molecule has 1 aliphatic heterocycles. The van der Waals surface area contributed by atoms with E-state index in [2.05, 4.69) is 6.58 Å². The van der Waals surface area contributed by atoms with E-state index < -0.39 is 11.0 Å². The Labute approximate surface area is 126 Å². The predicted octanol–water partition coefficient (Wildman–Crippen LogP) is 1.80. The minimum absolute atomic E-state index is 0.254. The third-order valence-electron chi connectivity index (χ3n) is 3.88. The molecule has 0 radical (unpaired) electrons. The lowest BCUT2D eigenvalue weighted by Gasteiger charge is -2.30. The molecule has 0 fully saturated rings. The van der Waals surface area contributed by atoms with Crippen molar-refractivity contribution in [1.29, 1.82) is 0 Å². The maximum absolute atomic E-state index is 12.3.